The van der Waals surface area contributed by atoms with E-state index < -0.39 is 5.97 Å². The fourth-order valence-electron chi connectivity index (χ4n) is 3.30. The van der Waals surface area contributed by atoms with Gasteiger partial charge in [-0.05, 0) is 42.8 Å². The van der Waals surface area contributed by atoms with Crippen molar-refractivity contribution in [1.82, 2.24) is 9.55 Å². The first-order valence-electron chi connectivity index (χ1n) is 9.14. The fraction of sp³-hybridized carbons (Fsp3) is 0.130. The van der Waals surface area contributed by atoms with Crippen LogP contribution >= 0.6 is 11.3 Å². The summed E-state index contributed by atoms with van der Waals surface area (Å²) in [7, 11) is 1.64. The summed E-state index contributed by atoms with van der Waals surface area (Å²) in [6, 6.07) is 19.5. The van der Waals surface area contributed by atoms with Crippen molar-refractivity contribution < 1.29 is 14.6 Å². The second-order valence-corrected chi connectivity index (χ2v) is 7.53. The zero-order valence-electron chi connectivity index (χ0n) is 16.1. The molecule has 0 unspecified atom stereocenters. The summed E-state index contributed by atoms with van der Waals surface area (Å²) >= 11 is 1.54. The first-order chi connectivity index (χ1) is 14.1. The van der Waals surface area contributed by atoms with Gasteiger partial charge in [-0.3, -0.25) is 0 Å². The average Bonchev–Trinajstić information content (AvgIpc) is 3.34. The number of hydrogen-bond donors (Lipinski definition) is 1. The largest absolute Gasteiger partial charge is 0.497 e. The Bertz CT molecular complexity index is 1140. The number of carboxylic acid groups (broad SMARTS) is 1. The molecule has 0 fully saturated rings. The first-order valence-corrected chi connectivity index (χ1v) is 10.0. The van der Waals surface area contributed by atoms with E-state index in [1.807, 2.05) is 71.5 Å². The molecule has 0 aliphatic rings. The summed E-state index contributed by atoms with van der Waals surface area (Å²) in [5.41, 5.74) is 4.70. The molecule has 6 heteroatoms. The summed E-state index contributed by atoms with van der Waals surface area (Å²) < 4.78 is 7.23. The van der Waals surface area contributed by atoms with Gasteiger partial charge in [0.15, 0.2) is 0 Å². The van der Waals surface area contributed by atoms with E-state index in [1.165, 1.54) is 11.3 Å². The van der Waals surface area contributed by atoms with Gasteiger partial charge in [0.05, 0.1) is 24.1 Å². The lowest BCUT2D eigenvalue weighted by molar-refractivity contribution is 0.0696. The van der Waals surface area contributed by atoms with Crippen molar-refractivity contribution in [2.75, 3.05) is 7.11 Å². The zero-order chi connectivity index (χ0) is 20.4. The highest BCUT2D eigenvalue weighted by Crippen LogP contribution is 2.32. The average molecular weight is 404 g/mol. The number of methoxy groups -OCH3 is 1. The van der Waals surface area contributed by atoms with Gasteiger partial charge in [0.25, 0.3) is 0 Å². The molecule has 29 heavy (non-hydrogen) atoms. The minimum Gasteiger partial charge on any atom is -0.497 e. The van der Waals surface area contributed by atoms with E-state index in [-0.39, 0.29) is 0 Å². The Morgan fingerprint density at radius 2 is 1.86 bits per heavy atom. The van der Waals surface area contributed by atoms with Crippen LogP contribution in [0, 0.1) is 6.92 Å². The quantitative estimate of drug-likeness (QED) is 0.471. The lowest BCUT2D eigenvalue weighted by atomic mass is 10.2. The Kier molecular flexibility index (Phi) is 5.18. The van der Waals surface area contributed by atoms with Crippen LogP contribution in [-0.4, -0.2) is 27.7 Å². The molecule has 0 aliphatic carbocycles. The number of nitrogens with zero attached hydrogens (tertiary/aromatic N) is 2. The van der Waals surface area contributed by atoms with Crippen LogP contribution in [0.2, 0.25) is 0 Å². The summed E-state index contributed by atoms with van der Waals surface area (Å²) in [4.78, 5) is 16.5. The van der Waals surface area contributed by atoms with Crippen LogP contribution in [0.15, 0.2) is 66.0 Å². The van der Waals surface area contributed by atoms with E-state index in [4.69, 9.17) is 9.72 Å². The van der Waals surface area contributed by atoms with Gasteiger partial charge >= 0.3 is 5.97 Å². The zero-order valence-corrected chi connectivity index (χ0v) is 16.9. The number of aromatic carboxylic acids is 1. The van der Waals surface area contributed by atoms with Crippen molar-refractivity contribution in [2.24, 2.45) is 0 Å². The topological polar surface area (TPSA) is 64.3 Å². The second-order valence-electron chi connectivity index (χ2n) is 6.67. The maximum atomic E-state index is 11.7. The molecule has 0 saturated heterocycles. The van der Waals surface area contributed by atoms with Gasteiger partial charge in [0.2, 0.25) is 0 Å². The smallest absolute Gasteiger partial charge is 0.337 e. The van der Waals surface area contributed by atoms with Gasteiger partial charge in [-0.1, -0.05) is 30.3 Å². The van der Waals surface area contributed by atoms with Crippen molar-refractivity contribution >= 4 is 17.3 Å². The molecule has 4 aromatic rings. The number of rotatable bonds is 6. The molecule has 2 aromatic carbocycles. The van der Waals surface area contributed by atoms with E-state index in [9.17, 15) is 9.90 Å². The number of carbonyl (C=O) groups is 1. The third kappa shape index (κ3) is 3.79. The highest BCUT2D eigenvalue weighted by Gasteiger charge is 2.20. The first kappa shape index (κ1) is 19.0. The maximum absolute atomic E-state index is 11.7. The Morgan fingerprint density at radius 3 is 2.52 bits per heavy atom. The fourth-order valence-corrected chi connectivity index (χ4v) is 4.12. The van der Waals surface area contributed by atoms with Gasteiger partial charge in [-0.2, -0.15) is 0 Å². The summed E-state index contributed by atoms with van der Waals surface area (Å²) in [6.07, 6.45) is 0. The van der Waals surface area contributed by atoms with E-state index in [0.29, 0.717) is 12.1 Å². The van der Waals surface area contributed by atoms with E-state index in [1.54, 1.807) is 13.2 Å². The van der Waals surface area contributed by atoms with Crippen LogP contribution in [0.3, 0.4) is 0 Å². The third-order valence-corrected chi connectivity index (χ3v) is 5.78. The van der Waals surface area contributed by atoms with Gasteiger partial charge in [0.1, 0.15) is 10.8 Å². The van der Waals surface area contributed by atoms with Crippen molar-refractivity contribution in [3.63, 3.8) is 0 Å². The third-order valence-electron chi connectivity index (χ3n) is 4.88. The van der Waals surface area contributed by atoms with E-state index >= 15 is 0 Å². The van der Waals surface area contributed by atoms with Crippen LogP contribution in [0.4, 0.5) is 0 Å². The molecule has 0 aliphatic heterocycles. The molecule has 0 spiro atoms. The standard InChI is InChI=1S/C23H20N2O3S/c1-15-19(23(26)27)12-21(25(15)13-16-6-4-3-5-7-16)20-14-29-22(24-20)17-8-10-18(28-2)11-9-17/h3-12,14H,13H2,1-2H3,(H,26,27). The van der Waals surface area contributed by atoms with Gasteiger partial charge < -0.3 is 14.4 Å². The Balaban J connectivity index is 1.75. The van der Waals surface area contributed by atoms with Gasteiger partial charge in [-0.25, -0.2) is 9.78 Å². The van der Waals surface area contributed by atoms with Crippen LogP contribution in [0.1, 0.15) is 21.6 Å². The van der Waals surface area contributed by atoms with Gasteiger partial charge in [-0.15, -0.1) is 11.3 Å². The van der Waals surface area contributed by atoms with Crippen LogP contribution in [0.5, 0.6) is 5.75 Å². The molecular weight excluding hydrogens is 384 g/mol. The second kappa shape index (κ2) is 7.93. The Morgan fingerprint density at radius 1 is 1.14 bits per heavy atom. The van der Waals surface area contributed by atoms with Crippen molar-refractivity contribution in [3.8, 4) is 27.7 Å². The predicted octanol–water partition coefficient (Wildman–Crippen LogP) is 5.34. The lowest BCUT2D eigenvalue weighted by Gasteiger charge is -2.11. The van der Waals surface area contributed by atoms with Gasteiger partial charge in [0, 0.05) is 23.2 Å². The highest BCUT2D eigenvalue weighted by atomic mass is 32.1. The molecule has 0 radical (unpaired) electrons. The number of carboxylic acids is 1. The molecule has 2 heterocycles. The summed E-state index contributed by atoms with van der Waals surface area (Å²) in [5, 5.41) is 12.5. The SMILES string of the molecule is COc1ccc(-c2nc(-c3cc(C(=O)O)c(C)n3Cc3ccccc3)cs2)cc1. The predicted molar refractivity (Wildman–Crippen MR) is 115 cm³/mol. The van der Waals surface area contributed by atoms with Crippen molar-refractivity contribution in [2.45, 2.75) is 13.5 Å². The number of aromatic nitrogens is 2. The number of ether oxygens (including phenoxy) is 1. The lowest BCUT2D eigenvalue weighted by Crippen LogP contribution is -2.06. The molecule has 2 aromatic heterocycles. The monoisotopic (exact) mass is 404 g/mol. The number of hydrogen-bond acceptors (Lipinski definition) is 4. The molecule has 0 atom stereocenters. The molecule has 1 N–H and O–H groups in total. The number of benzene rings is 2. The van der Waals surface area contributed by atoms with Crippen LogP contribution < -0.4 is 4.74 Å². The molecule has 0 bridgehead atoms. The maximum Gasteiger partial charge on any atom is 0.337 e. The normalized spacial score (nSPS) is 10.8. The van der Waals surface area contributed by atoms with E-state index in [0.717, 1.165) is 39.0 Å². The molecule has 4 rings (SSSR count). The molecule has 5 nitrogen and oxygen atoms in total. The molecular formula is C23H20N2O3S. The minimum atomic E-state index is -0.929. The molecule has 146 valence electrons. The van der Waals surface area contributed by atoms with E-state index in [2.05, 4.69) is 0 Å². The van der Waals surface area contributed by atoms with Crippen molar-refractivity contribution in [3.05, 3.63) is 82.9 Å². The Labute approximate surface area is 172 Å². The number of thiazole rings is 1. The van der Waals surface area contributed by atoms with Crippen LogP contribution in [0.25, 0.3) is 22.0 Å². The highest BCUT2D eigenvalue weighted by molar-refractivity contribution is 7.13. The molecule has 0 amide bonds. The summed E-state index contributed by atoms with van der Waals surface area (Å²) in [6.45, 7) is 2.43. The van der Waals surface area contributed by atoms with Crippen LogP contribution in [-0.2, 0) is 6.54 Å². The summed E-state index contributed by atoms with van der Waals surface area (Å²) in [5.74, 6) is -0.134. The van der Waals surface area contributed by atoms with Crippen molar-refractivity contribution in [1.29, 1.82) is 0 Å². The molecule has 0 saturated carbocycles. The Hall–Kier alpha value is -3.38. The minimum absolute atomic E-state index is 0.301.